The molecule has 0 aliphatic heterocycles. The van der Waals surface area contributed by atoms with Crippen molar-refractivity contribution >= 4 is 45.8 Å². The summed E-state index contributed by atoms with van der Waals surface area (Å²) in [4.78, 5) is 24.2. The van der Waals surface area contributed by atoms with E-state index in [1.165, 1.54) is 6.26 Å². The Hall–Kier alpha value is -2.61. The van der Waals surface area contributed by atoms with Crippen LogP contribution < -0.4 is 10.6 Å². The number of rotatable bonds is 4. The van der Waals surface area contributed by atoms with Gasteiger partial charge in [0.2, 0.25) is 0 Å². The van der Waals surface area contributed by atoms with Gasteiger partial charge in [-0.15, -0.1) is 0 Å². The zero-order valence-corrected chi connectivity index (χ0v) is 14.6. The zero-order chi connectivity index (χ0) is 16.9. The van der Waals surface area contributed by atoms with E-state index >= 15 is 0 Å². The normalized spacial score (nSPS) is 10.2. The summed E-state index contributed by atoms with van der Waals surface area (Å²) in [7, 11) is 0. The van der Waals surface area contributed by atoms with Gasteiger partial charge in [-0.3, -0.25) is 9.59 Å². The van der Waals surface area contributed by atoms with Crippen LogP contribution in [0.25, 0.3) is 0 Å². The van der Waals surface area contributed by atoms with Crippen molar-refractivity contribution in [2.75, 3.05) is 10.6 Å². The molecule has 120 valence electrons. The summed E-state index contributed by atoms with van der Waals surface area (Å²) < 4.78 is 6.11. The van der Waals surface area contributed by atoms with Gasteiger partial charge >= 0.3 is 0 Å². The third-order valence-electron chi connectivity index (χ3n) is 3.23. The number of hydrogen-bond donors (Lipinski definition) is 2. The van der Waals surface area contributed by atoms with Gasteiger partial charge < -0.3 is 15.1 Å². The molecule has 1 heterocycles. The van der Waals surface area contributed by atoms with E-state index in [2.05, 4.69) is 33.2 Å². The van der Waals surface area contributed by atoms with Gasteiger partial charge in [0, 0.05) is 20.5 Å². The van der Waals surface area contributed by atoms with Gasteiger partial charge in [0.1, 0.15) is 0 Å². The summed E-state index contributed by atoms with van der Waals surface area (Å²) in [5, 5.41) is 5.53. The van der Waals surface area contributed by atoms with E-state index in [0.29, 0.717) is 16.9 Å². The topological polar surface area (TPSA) is 71.3 Å². The monoisotopic (exact) mass is 432 g/mol. The molecule has 1 aromatic heterocycles. The van der Waals surface area contributed by atoms with Crippen LogP contribution in [0.2, 0.25) is 0 Å². The molecule has 0 bridgehead atoms. The molecule has 2 N–H and O–H groups in total. The number of halogens is 1. The largest absolute Gasteiger partial charge is 0.459 e. The Morgan fingerprint density at radius 1 is 0.833 bits per heavy atom. The second-order valence-corrected chi connectivity index (χ2v) is 6.22. The average molecular weight is 432 g/mol. The first-order valence-corrected chi connectivity index (χ1v) is 8.21. The van der Waals surface area contributed by atoms with Crippen molar-refractivity contribution in [1.82, 2.24) is 0 Å². The van der Waals surface area contributed by atoms with E-state index in [9.17, 15) is 9.59 Å². The molecule has 0 atom stereocenters. The van der Waals surface area contributed by atoms with Crippen LogP contribution in [-0.4, -0.2) is 11.8 Å². The molecule has 5 nitrogen and oxygen atoms in total. The van der Waals surface area contributed by atoms with Crippen LogP contribution in [0.5, 0.6) is 0 Å². The molecule has 3 rings (SSSR count). The number of benzene rings is 2. The van der Waals surface area contributed by atoms with E-state index in [-0.39, 0.29) is 17.6 Å². The summed E-state index contributed by atoms with van der Waals surface area (Å²) >= 11 is 2.18. The van der Waals surface area contributed by atoms with Crippen molar-refractivity contribution < 1.29 is 14.0 Å². The lowest BCUT2D eigenvalue weighted by molar-refractivity contribution is 0.0995. The maximum Gasteiger partial charge on any atom is 0.291 e. The first kappa shape index (κ1) is 16.3. The van der Waals surface area contributed by atoms with Gasteiger partial charge in [-0.2, -0.15) is 0 Å². The minimum atomic E-state index is -0.346. The number of carbonyl (C=O) groups is 2. The number of hydrogen-bond acceptors (Lipinski definition) is 3. The summed E-state index contributed by atoms with van der Waals surface area (Å²) in [5.41, 5.74) is 1.73. The molecule has 0 unspecified atom stereocenters. The molecule has 0 aliphatic rings. The minimum Gasteiger partial charge on any atom is -0.459 e. The second-order valence-electron chi connectivity index (χ2n) is 4.97. The minimum absolute atomic E-state index is 0.207. The van der Waals surface area contributed by atoms with Crippen molar-refractivity contribution in [3.05, 3.63) is 81.8 Å². The lowest BCUT2D eigenvalue weighted by Crippen LogP contribution is -2.13. The lowest BCUT2D eigenvalue weighted by atomic mass is 10.2. The Morgan fingerprint density at radius 2 is 1.50 bits per heavy atom. The van der Waals surface area contributed by atoms with Crippen molar-refractivity contribution in [2.45, 2.75) is 0 Å². The summed E-state index contributed by atoms with van der Waals surface area (Å²) in [6, 6.07) is 17.4. The molecule has 0 radical (unpaired) electrons. The van der Waals surface area contributed by atoms with E-state index in [4.69, 9.17) is 4.42 Å². The first-order chi connectivity index (χ1) is 11.6. The second kappa shape index (κ2) is 7.31. The van der Waals surface area contributed by atoms with Crippen LogP contribution in [0, 0.1) is 3.57 Å². The fourth-order valence-corrected chi connectivity index (χ4v) is 2.44. The van der Waals surface area contributed by atoms with Crippen LogP contribution in [-0.2, 0) is 0 Å². The van der Waals surface area contributed by atoms with E-state index < -0.39 is 0 Å². The lowest BCUT2D eigenvalue weighted by Gasteiger charge is -2.08. The molecular weight excluding hydrogens is 419 g/mol. The Balaban J connectivity index is 1.70. The van der Waals surface area contributed by atoms with Crippen LogP contribution in [0.1, 0.15) is 20.9 Å². The molecule has 0 saturated heterocycles. The summed E-state index contributed by atoms with van der Waals surface area (Å²) in [6.45, 7) is 0. The maximum atomic E-state index is 12.2. The highest BCUT2D eigenvalue weighted by Gasteiger charge is 2.10. The van der Waals surface area contributed by atoms with Gasteiger partial charge in [0.15, 0.2) is 5.76 Å². The first-order valence-electron chi connectivity index (χ1n) is 7.14. The molecule has 2 aromatic carbocycles. The van der Waals surface area contributed by atoms with Crippen LogP contribution in [0.4, 0.5) is 11.4 Å². The number of carbonyl (C=O) groups excluding carboxylic acids is 2. The number of amides is 2. The van der Waals surface area contributed by atoms with Crippen molar-refractivity contribution in [3.63, 3.8) is 0 Å². The van der Waals surface area contributed by atoms with Gasteiger partial charge in [-0.1, -0.05) is 6.07 Å². The molecular formula is C18H13IN2O3. The Bertz CT molecular complexity index is 858. The molecule has 3 aromatic rings. The third kappa shape index (κ3) is 4.02. The Morgan fingerprint density at radius 3 is 2.12 bits per heavy atom. The molecule has 0 saturated carbocycles. The highest BCUT2D eigenvalue weighted by Crippen LogP contribution is 2.17. The highest BCUT2D eigenvalue weighted by atomic mass is 127. The summed E-state index contributed by atoms with van der Waals surface area (Å²) in [5.74, 6) is -0.328. The zero-order valence-electron chi connectivity index (χ0n) is 12.5. The van der Waals surface area contributed by atoms with Crippen molar-refractivity contribution in [1.29, 1.82) is 0 Å². The standard InChI is InChI=1S/C18H13IN2O3/c19-13-8-6-12(7-9-13)17(22)20-14-3-1-4-15(11-14)21-18(23)16-5-2-10-24-16/h1-11H,(H,20,22)(H,21,23). The quantitative estimate of drug-likeness (QED) is 0.601. The molecule has 6 heteroatoms. The maximum absolute atomic E-state index is 12.2. The fourth-order valence-electron chi connectivity index (χ4n) is 2.08. The van der Waals surface area contributed by atoms with E-state index in [0.717, 1.165) is 3.57 Å². The van der Waals surface area contributed by atoms with E-state index in [1.807, 2.05) is 12.1 Å². The number of nitrogens with one attached hydrogen (secondary N) is 2. The van der Waals surface area contributed by atoms with Crippen LogP contribution in [0.3, 0.4) is 0 Å². The smallest absolute Gasteiger partial charge is 0.291 e. The predicted molar refractivity (Wildman–Crippen MR) is 100 cm³/mol. The summed E-state index contributed by atoms with van der Waals surface area (Å²) in [6.07, 6.45) is 1.44. The fraction of sp³-hybridized carbons (Fsp3) is 0. The van der Waals surface area contributed by atoms with Crippen LogP contribution in [0.15, 0.2) is 71.3 Å². The third-order valence-corrected chi connectivity index (χ3v) is 3.95. The average Bonchev–Trinajstić information content (AvgIpc) is 3.10. The molecule has 0 spiro atoms. The van der Waals surface area contributed by atoms with Gasteiger partial charge in [0.25, 0.3) is 11.8 Å². The number of anilines is 2. The predicted octanol–water partition coefficient (Wildman–Crippen LogP) is 4.39. The molecule has 0 aliphatic carbocycles. The molecule has 2 amide bonds. The van der Waals surface area contributed by atoms with Gasteiger partial charge in [-0.25, -0.2) is 0 Å². The molecule has 0 fully saturated rings. The Kier molecular flexibility index (Phi) is 4.95. The van der Waals surface area contributed by atoms with Gasteiger partial charge in [0.05, 0.1) is 6.26 Å². The number of furan rings is 1. The molecule has 24 heavy (non-hydrogen) atoms. The van der Waals surface area contributed by atoms with Crippen molar-refractivity contribution in [3.8, 4) is 0 Å². The van der Waals surface area contributed by atoms with Crippen LogP contribution >= 0.6 is 22.6 Å². The highest BCUT2D eigenvalue weighted by molar-refractivity contribution is 14.1. The SMILES string of the molecule is O=C(Nc1cccc(NC(=O)c2ccco2)c1)c1ccc(I)cc1. The van der Waals surface area contributed by atoms with E-state index in [1.54, 1.807) is 48.5 Å². The Labute approximate surface area is 152 Å². The van der Waals surface area contributed by atoms with Gasteiger partial charge in [-0.05, 0) is 77.2 Å². The van der Waals surface area contributed by atoms with Crippen molar-refractivity contribution in [2.24, 2.45) is 0 Å².